The summed E-state index contributed by atoms with van der Waals surface area (Å²) in [7, 11) is -1.33. The summed E-state index contributed by atoms with van der Waals surface area (Å²) in [6, 6.07) is 14.5. The Morgan fingerprint density at radius 2 is 1.76 bits per heavy atom. The molecule has 2 rings (SSSR count). The van der Waals surface area contributed by atoms with Gasteiger partial charge in [-0.2, -0.15) is 0 Å². The standard InChI is InChI=1S/C17H18O3S/c1-12-8-9-15(10-13(12)2)21(20)11-16(17(18)19)14-6-4-3-5-7-14/h3-10,16H,11H2,1-2H3,(H,18,19). The molecular formula is C17H18O3S. The number of rotatable bonds is 5. The molecule has 2 aromatic rings. The van der Waals surface area contributed by atoms with Crippen LogP contribution in [0.4, 0.5) is 0 Å². The fraction of sp³-hybridized carbons (Fsp3) is 0.235. The Bertz CT molecular complexity index is 665. The number of benzene rings is 2. The fourth-order valence-electron chi connectivity index (χ4n) is 2.10. The Hall–Kier alpha value is -1.94. The van der Waals surface area contributed by atoms with E-state index in [1.54, 1.807) is 24.3 Å². The van der Waals surface area contributed by atoms with E-state index in [1.807, 2.05) is 38.1 Å². The Labute approximate surface area is 127 Å². The van der Waals surface area contributed by atoms with Gasteiger partial charge in [0.25, 0.3) is 0 Å². The molecule has 0 aliphatic heterocycles. The second kappa shape index (κ2) is 6.68. The minimum atomic E-state index is -1.33. The maximum atomic E-state index is 12.4. The molecule has 3 nitrogen and oxygen atoms in total. The highest BCUT2D eigenvalue weighted by atomic mass is 32.2. The van der Waals surface area contributed by atoms with Gasteiger partial charge in [-0.3, -0.25) is 9.00 Å². The number of aryl methyl sites for hydroxylation is 2. The molecular weight excluding hydrogens is 284 g/mol. The van der Waals surface area contributed by atoms with E-state index < -0.39 is 22.7 Å². The first-order valence-electron chi connectivity index (χ1n) is 6.72. The lowest BCUT2D eigenvalue weighted by molar-refractivity contribution is -0.138. The average Bonchev–Trinajstić information content (AvgIpc) is 2.48. The first-order chi connectivity index (χ1) is 9.99. The van der Waals surface area contributed by atoms with Crippen molar-refractivity contribution in [2.24, 2.45) is 0 Å². The smallest absolute Gasteiger partial charge is 0.311 e. The average molecular weight is 302 g/mol. The largest absolute Gasteiger partial charge is 0.481 e. The highest BCUT2D eigenvalue weighted by Gasteiger charge is 2.23. The summed E-state index contributed by atoms with van der Waals surface area (Å²) in [5, 5.41) is 9.39. The van der Waals surface area contributed by atoms with Gasteiger partial charge in [0.2, 0.25) is 0 Å². The van der Waals surface area contributed by atoms with E-state index in [4.69, 9.17) is 0 Å². The lowest BCUT2D eigenvalue weighted by Gasteiger charge is -2.13. The quantitative estimate of drug-likeness (QED) is 0.922. The zero-order valence-corrected chi connectivity index (χ0v) is 12.9. The minimum absolute atomic E-state index is 0.0852. The molecule has 0 amide bonds. The Morgan fingerprint density at radius 3 is 2.33 bits per heavy atom. The van der Waals surface area contributed by atoms with Crippen molar-refractivity contribution in [3.8, 4) is 0 Å². The van der Waals surface area contributed by atoms with Crippen LogP contribution in [0.15, 0.2) is 53.4 Å². The highest BCUT2D eigenvalue weighted by molar-refractivity contribution is 7.85. The summed E-state index contributed by atoms with van der Waals surface area (Å²) in [5.41, 5.74) is 2.88. The molecule has 2 aromatic carbocycles. The number of carboxylic acid groups (broad SMARTS) is 1. The zero-order chi connectivity index (χ0) is 15.4. The SMILES string of the molecule is Cc1ccc(S(=O)CC(C(=O)O)c2ccccc2)cc1C. The van der Waals surface area contributed by atoms with E-state index in [0.29, 0.717) is 10.5 Å². The molecule has 0 saturated heterocycles. The van der Waals surface area contributed by atoms with Crippen LogP contribution in [0.5, 0.6) is 0 Å². The van der Waals surface area contributed by atoms with Crippen molar-refractivity contribution in [2.45, 2.75) is 24.7 Å². The molecule has 0 spiro atoms. The second-order valence-electron chi connectivity index (χ2n) is 5.06. The summed E-state index contributed by atoms with van der Waals surface area (Å²) in [6.07, 6.45) is 0. The number of aliphatic carboxylic acids is 1. The van der Waals surface area contributed by atoms with Crippen molar-refractivity contribution in [3.63, 3.8) is 0 Å². The van der Waals surface area contributed by atoms with Gasteiger partial charge in [0.05, 0.1) is 16.7 Å². The summed E-state index contributed by atoms with van der Waals surface area (Å²) in [5.74, 6) is -1.62. The van der Waals surface area contributed by atoms with Crippen LogP contribution in [-0.4, -0.2) is 21.0 Å². The number of carbonyl (C=O) groups is 1. The van der Waals surface area contributed by atoms with E-state index >= 15 is 0 Å². The van der Waals surface area contributed by atoms with Crippen molar-refractivity contribution >= 4 is 16.8 Å². The van der Waals surface area contributed by atoms with Gasteiger partial charge >= 0.3 is 5.97 Å². The van der Waals surface area contributed by atoms with Crippen molar-refractivity contribution < 1.29 is 14.1 Å². The van der Waals surface area contributed by atoms with Crippen LogP contribution in [0.2, 0.25) is 0 Å². The van der Waals surface area contributed by atoms with E-state index in [-0.39, 0.29) is 5.75 Å². The number of hydrogen-bond acceptors (Lipinski definition) is 2. The zero-order valence-electron chi connectivity index (χ0n) is 12.1. The van der Waals surface area contributed by atoms with Crippen LogP contribution < -0.4 is 0 Å². The number of carboxylic acids is 1. The Morgan fingerprint density at radius 1 is 1.10 bits per heavy atom. The molecule has 0 aliphatic rings. The van der Waals surface area contributed by atoms with E-state index in [9.17, 15) is 14.1 Å². The molecule has 0 saturated carbocycles. The molecule has 2 atom stereocenters. The van der Waals surface area contributed by atoms with Gasteiger partial charge in [0.15, 0.2) is 0 Å². The van der Waals surface area contributed by atoms with Crippen LogP contribution in [0.1, 0.15) is 22.6 Å². The first kappa shape index (κ1) is 15.4. The molecule has 0 aromatic heterocycles. The molecule has 21 heavy (non-hydrogen) atoms. The third-order valence-corrected chi connectivity index (χ3v) is 4.98. The van der Waals surface area contributed by atoms with Crippen LogP contribution in [0.3, 0.4) is 0 Å². The highest BCUT2D eigenvalue weighted by Crippen LogP contribution is 2.21. The van der Waals surface area contributed by atoms with Crippen LogP contribution in [0, 0.1) is 13.8 Å². The van der Waals surface area contributed by atoms with Crippen molar-refractivity contribution in [1.29, 1.82) is 0 Å². The van der Waals surface area contributed by atoms with Crippen molar-refractivity contribution in [1.82, 2.24) is 0 Å². The summed E-state index contributed by atoms with van der Waals surface area (Å²) < 4.78 is 12.4. The van der Waals surface area contributed by atoms with Gasteiger partial charge in [-0.05, 0) is 42.7 Å². The van der Waals surface area contributed by atoms with E-state index in [1.165, 1.54) is 0 Å². The molecule has 0 bridgehead atoms. The predicted octanol–water partition coefficient (Wildman–Crippen LogP) is 3.28. The monoisotopic (exact) mass is 302 g/mol. The third-order valence-electron chi connectivity index (χ3n) is 3.56. The molecule has 0 radical (unpaired) electrons. The number of hydrogen-bond donors (Lipinski definition) is 1. The maximum absolute atomic E-state index is 12.4. The molecule has 1 N–H and O–H groups in total. The lowest BCUT2D eigenvalue weighted by atomic mass is 10.0. The summed E-state index contributed by atoms with van der Waals surface area (Å²) in [6.45, 7) is 3.95. The van der Waals surface area contributed by atoms with E-state index in [2.05, 4.69) is 0 Å². The van der Waals surface area contributed by atoms with Crippen LogP contribution in [0.25, 0.3) is 0 Å². The third kappa shape index (κ3) is 3.79. The Kier molecular flexibility index (Phi) is 4.91. The van der Waals surface area contributed by atoms with Gasteiger partial charge < -0.3 is 5.11 Å². The molecule has 0 heterocycles. The summed E-state index contributed by atoms with van der Waals surface area (Å²) in [4.78, 5) is 12.1. The molecule has 0 aliphatic carbocycles. The van der Waals surface area contributed by atoms with Gasteiger partial charge in [0, 0.05) is 10.6 Å². The van der Waals surface area contributed by atoms with E-state index in [0.717, 1.165) is 11.1 Å². The van der Waals surface area contributed by atoms with Gasteiger partial charge in [-0.15, -0.1) is 0 Å². The first-order valence-corrected chi connectivity index (χ1v) is 8.04. The fourth-order valence-corrected chi connectivity index (χ4v) is 3.46. The minimum Gasteiger partial charge on any atom is -0.481 e. The van der Waals surface area contributed by atoms with Crippen molar-refractivity contribution in [2.75, 3.05) is 5.75 Å². The topological polar surface area (TPSA) is 54.4 Å². The van der Waals surface area contributed by atoms with Crippen LogP contribution >= 0.6 is 0 Å². The lowest BCUT2D eigenvalue weighted by Crippen LogP contribution is -2.19. The predicted molar refractivity (Wildman–Crippen MR) is 84.0 cm³/mol. The maximum Gasteiger partial charge on any atom is 0.311 e. The Balaban J connectivity index is 2.23. The molecule has 4 heteroatoms. The molecule has 0 fully saturated rings. The van der Waals surface area contributed by atoms with Crippen molar-refractivity contribution in [3.05, 3.63) is 65.2 Å². The van der Waals surface area contributed by atoms with Gasteiger partial charge in [-0.1, -0.05) is 36.4 Å². The summed E-state index contributed by atoms with van der Waals surface area (Å²) >= 11 is 0. The van der Waals surface area contributed by atoms with Gasteiger partial charge in [0.1, 0.15) is 0 Å². The van der Waals surface area contributed by atoms with Crippen LogP contribution in [-0.2, 0) is 15.6 Å². The molecule has 110 valence electrons. The normalized spacial score (nSPS) is 13.6. The molecule has 2 unspecified atom stereocenters. The second-order valence-corrected chi connectivity index (χ2v) is 6.56. The van der Waals surface area contributed by atoms with Gasteiger partial charge in [-0.25, -0.2) is 0 Å².